The van der Waals surface area contributed by atoms with E-state index in [1.807, 2.05) is 0 Å². The van der Waals surface area contributed by atoms with E-state index in [0.29, 0.717) is 5.92 Å². The third-order valence-corrected chi connectivity index (χ3v) is 3.38. The normalized spacial score (nSPS) is 13.9. The van der Waals surface area contributed by atoms with Crippen LogP contribution in [0.15, 0.2) is 30.5 Å². The van der Waals surface area contributed by atoms with E-state index in [1.165, 1.54) is 24.8 Å². The van der Waals surface area contributed by atoms with E-state index >= 15 is 0 Å². The lowest BCUT2D eigenvalue weighted by Gasteiger charge is -2.13. The van der Waals surface area contributed by atoms with E-state index in [4.69, 9.17) is 0 Å². The number of benzene rings is 1. The Kier molecular flexibility index (Phi) is 3.33. The fraction of sp³-hybridized carbons (Fsp3) is 0.467. The van der Waals surface area contributed by atoms with E-state index < -0.39 is 0 Å². The van der Waals surface area contributed by atoms with Gasteiger partial charge in [0.2, 0.25) is 0 Å². The fourth-order valence-electron chi connectivity index (χ4n) is 2.15. The number of nitrogens with one attached hydrogen (secondary N) is 1. The van der Waals surface area contributed by atoms with Crippen molar-refractivity contribution in [1.29, 1.82) is 0 Å². The van der Waals surface area contributed by atoms with Gasteiger partial charge in [-0.1, -0.05) is 38.6 Å². The van der Waals surface area contributed by atoms with Crippen molar-refractivity contribution < 1.29 is 0 Å². The molecule has 0 aromatic heterocycles. The zero-order valence-electron chi connectivity index (χ0n) is 10.3. The van der Waals surface area contributed by atoms with Crippen molar-refractivity contribution in [3.8, 4) is 0 Å². The quantitative estimate of drug-likeness (QED) is 0.811. The molecule has 0 heterocycles. The maximum absolute atomic E-state index is 4.03. The summed E-state index contributed by atoms with van der Waals surface area (Å²) in [5.41, 5.74) is 5.60. The first-order valence-electron chi connectivity index (χ1n) is 6.20. The highest BCUT2D eigenvalue weighted by Crippen LogP contribution is 2.22. The van der Waals surface area contributed by atoms with E-state index in [0.717, 1.165) is 12.2 Å². The summed E-state index contributed by atoms with van der Waals surface area (Å²) < 4.78 is 0. The second kappa shape index (κ2) is 4.73. The highest BCUT2D eigenvalue weighted by Gasteiger charge is 2.10. The summed E-state index contributed by atoms with van der Waals surface area (Å²) in [7, 11) is 0. The number of aryl methyl sites for hydroxylation is 2. The van der Waals surface area contributed by atoms with Gasteiger partial charge < -0.3 is 5.32 Å². The Hall–Kier alpha value is -1.24. The van der Waals surface area contributed by atoms with Crippen LogP contribution < -0.4 is 5.32 Å². The molecule has 1 aliphatic rings. The van der Waals surface area contributed by atoms with Gasteiger partial charge in [0, 0.05) is 12.2 Å². The number of fused-ring (bicyclic) bond motifs is 1. The molecule has 1 heteroatoms. The minimum Gasteiger partial charge on any atom is -0.385 e. The maximum atomic E-state index is 4.03. The van der Waals surface area contributed by atoms with Gasteiger partial charge in [-0.2, -0.15) is 0 Å². The lowest BCUT2D eigenvalue weighted by Crippen LogP contribution is -2.15. The maximum Gasteiger partial charge on any atom is 0.0397 e. The van der Waals surface area contributed by atoms with Gasteiger partial charge in [-0.05, 0) is 41.9 Å². The molecule has 1 nitrogen and oxygen atoms in total. The molecule has 0 spiro atoms. The molecular formula is C15H21N. The Morgan fingerprint density at radius 3 is 2.81 bits per heavy atom. The second-order valence-electron chi connectivity index (χ2n) is 4.99. The van der Waals surface area contributed by atoms with Crippen LogP contribution in [-0.2, 0) is 19.4 Å². The first kappa shape index (κ1) is 11.3. The van der Waals surface area contributed by atoms with Crippen molar-refractivity contribution >= 4 is 0 Å². The smallest absolute Gasteiger partial charge is 0.0397 e. The van der Waals surface area contributed by atoms with Crippen LogP contribution in [0.2, 0.25) is 0 Å². The predicted octanol–water partition coefficient (Wildman–Crippen LogP) is 3.43. The third-order valence-electron chi connectivity index (χ3n) is 3.38. The second-order valence-corrected chi connectivity index (χ2v) is 4.99. The number of hydrogen-bond acceptors (Lipinski definition) is 1. The molecule has 0 unspecified atom stereocenters. The Bertz CT molecular complexity index is 390. The molecule has 0 saturated heterocycles. The summed E-state index contributed by atoms with van der Waals surface area (Å²) in [6.45, 7) is 9.27. The van der Waals surface area contributed by atoms with Gasteiger partial charge >= 0.3 is 0 Å². The van der Waals surface area contributed by atoms with E-state index in [2.05, 4.69) is 43.9 Å². The molecule has 0 radical (unpaired) electrons. The SMILES string of the molecule is C=C(NCc1ccc2c(c1)CCC2)C(C)C. The Morgan fingerprint density at radius 2 is 2.06 bits per heavy atom. The Morgan fingerprint density at radius 1 is 1.31 bits per heavy atom. The lowest BCUT2D eigenvalue weighted by molar-refractivity contribution is 0.656. The molecule has 1 aromatic carbocycles. The Balaban J connectivity index is 1.98. The van der Waals surface area contributed by atoms with Crippen molar-refractivity contribution in [2.24, 2.45) is 5.92 Å². The van der Waals surface area contributed by atoms with Crippen molar-refractivity contribution in [3.05, 3.63) is 47.2 Å². The van der Waals surface area contributed by atoms with Gasteiger partial charge in [0.25, 0.3) is 0 Å². The average Bonchev–Trinajstić information content (AvgIpc) is 2.72. The van der Waals surface area contributed by atoms with Gasteiger partial charge in [0.1, 0.15) is 0 Å². The molecule has 0 atom stereocenters. The molecule has 0 saturated carbocycles. The summed E-state index contributed by atoms with van der Waals surface area (Å²) in [6, 6.07) is 6.88. The highest BCUT2D eigenvalue weighted by atomic mass is 14.9. The van der Waals surface area contributed by atoms with Crippen LogP contribution >= 0.6 is 0 Å². The van der Waals surface area contributed by atoms with Crippen LogP contribution in [0.4, 0.5) is 0 Å². The predicted molar refractivity (Wildman–Crippen MR) is 69.3 cm³/mol. The third kappa shape index (κ3) is 2.46. The molecule has 0 aliphatic heterocycles. The van der Waals surface area contributed by atoms with Gasteiger partial charge in [0.15, 0.2) is 0 Å². The standard InChI is InChI=1S/C15H21N/c1-11(2)12(3)16-10-13-7-8-14-5-4-6-15(14)9-13/h7-9,11,16H,3-6,10H2,1-2H3. The van der Waals surface area contributed by atoms with Crippen LogP contribution in [0.3, 0.4) is 0 Å². The van der Waals surface area contributed by atoms with E-state index in [9.17, 15) is 0 Å². The van der Waals surface area contributed by atoms with Gasteiger partial charge in [-0.25, -0.2) is 0 Å². The van der Waals surface area contributed by atoms with Crippen LogP contribution in [0.1, 0.15) is 37.0 Å². The van der Waals surface area contributed by atoms with Gasteiger partial charge in [-0.3, -0.25) is 0 Å². The van der Waals surface area contributed by atoms with E-state index in [1.54, 1.807) is 11.1 Å². The topological polar surface area (TPSA) is 12.0 Å². The van der Waals surface area contributed by atoms with Crippen LogP contribution in [0.25, 0.3) is 0 Å². The summed E-state index contributed by atoms with van der Waals surface area (Å²) in [5.74, 6) is 0.509. The molecule has 16 heavy (non-hydrogen) atoms. The van der Waals surface area contributed by atoms with Crippen molar-refractivity contribution in [3.63, 3.8) is 0 Å². The van der Waals surface area contributed by atoms with Crippen molar-refractivity contribution in [2.45, 2.75) is 39.7 Å². The number of rotatable bonds is 4. The van der Waals surface area contributed by atoms with E-state index in [-0.39, 0.29) is 0 Å². The minimum atomic E-state index is 0.509. The van der Waals surface area contributed by atoms with Crippen molar-refractivity contribution in [2.75, 3.05) is 0 Å². The average molecular weight is 215 g/mol. The monoisotopic (exact) mass is 215 g/mol. The van der Waals surface area contributed by atoms with Crippen molar-refractivity contribution in [1.82, 2.24) is 5.32 Å². The molecule has 1 aromatic rings. The molecule has 1 aliphatic carbocycles. The number of allylic oxidation sites excluding steroid dienone is 1. The summed E-state index contributed by atoms with van der Waals surface area (Å²) >= 11 is 0. The summed E-state index contributed by atoms with van der Waals surface area (Å²) in [5, 5.41) is 3.40. The summed E-state index contributed by atoms with van der Waals surface area (Å²) in [4.78, 5) is 0. The molecule has 86 valence electrons. The number of hydrogen-bond donors (Lipinski definition) is 1. The Labute approximate surface area is 98.6 Å². The zero-order valence-corrected chi connectivity index (χ0v) is 10.3. The fourth-order valence-corrected chi connectivity index (χ4v) is 2.15. The molecule has 0 amide bonds. The lowest BCUT2D eigenvalue weighted by atomic mass is 10.1. The summed E-state index contributed by atoms with van der Waals surface area (Å²) in [6.07, 6.45) is 3.85. The molecule has 1 N–H and O–H groups in total. The first-order valence-corrected chi connectivity index (χ1v) is 6.20. The molecule has 2 rings (SSSR count). The van der Waals surface area contributed by atoms with Crippen LogP contribution in [0, 0.1) is 5.92 Å². The van der Waals surface area contributed by atoms with Crippen LogP contribution in [0.5, 0.6) is 0 Å². The first-order chi connectivity index (χ1) is 7.66. The molecule has 0 fully saturated rings. The van der Waals surface area contributed by atoms with Gasteiger partial charge in [0.05, 0.1) is 0 Å². The minimum absolute atomic E-state index is 0.509. The highest BCUT2D eigenvalue weighted by molar-refractivity contribution is 5.35. The van der Waals surface area contributed by atoms with Gasteiger partial charge in [-0.15, -0.1) is 0 Å². The zero-order chi connectivity index (χ0) is 11.5. The molecular weight excluding hydrogens is 194 g/mol. The largest absolute Gasteiger partial charge is 0.385 e. The van der Waals surface area contributed by atoms with Crippen LogP contribution in [-0.4, -0.2) is 0 Å². The molecule has 0 bridgehead atoms.